The van der Waals surface area contributed by atoms with Crippen molar-refractivity contribution in [3.05, 3.63) is 0 Å². The highest BCUT2D eigenvalue weighted by molar-refractivity contribution is 5.80. The number of hydrogen-bond donors (Lipinski definition) is 1. The first-order chi connectivity index (χ1) is 9.58. The fourth-order valence-corrected chi connectivity index (χ4v) is 3.04. The average Bonchev–Trinajstić information content (AvgIpc) is 2.47. The lowest BCUT2D eigenvalue weighted by Gasteiger charge is -2.35. The van der Waals surface area contributed by atoms with Gasteiger partial charge in [0.2, 0.25) is 5.91 Å². The number of rotatable bonds is 2. The van der Waals surface area contributed by atoms with Crippen molar-refractivity contribution in [3.8, 4) is 0 Å². The van der Waals surface area contributed by atoms with Gasteiger partial charge in [-0.2, -0.15) is 0 Å². The third kappa shape index (κ3) is 3.87. The van der Waals surface area contributed by atoms with Crippen LogP contribution in [-0.4, -0.2) is 54.0 Å². The molecule has 2 saturated heterocycles. The van der Waals surface area contributed by atoms with Gasteiger partial charge < -0.3 is 15.1 Å². The highest BCUT2D eigenvalue weighted by Crippen LogP contribution is 2.21. The fourth-order valence-electron chi connectivity index (χ4n) is 3.04. The van der Waals surface area contributed by atoms with Crippen molar-refractivity contribution in [2.24, 2.45) is 5.92 Å². The van der Waals surface area contributed by atoms with E-state index in [4.69, 9.17) is 0 Å². The summed E-state index contributed by atoms with van der Waals surface area (Å²) in [6.07, 6.45) is 5.14. The molecule has 0 saturated carbocycles. The molecule has 3 amide bonds. The second kappa shape index (κ2) is 6.95. The normalized spacial score (nSPS) is 21.1. The van der Waals surface area contributed by atoms with Gasteiger partial charge in [-0.15, -0.1) is 0 Å². The van der Waals surface area contributed by atoms with Crippen molar-refractivity contribution >= 4 is 11.9 Å². The molecule has 2 aliphatic heterocycles. The molecule has 114 valence electrons. The van der Waals surface area contributed by atoms with Gasteiger partial charge in [-0.25, -0.2) is 4.79 Å². The van der Waals surface area contributed by atoms with Gasteiger partial charge >= 0.3 is 6.03 Å². The summed E-state index contributed by atoms with van der Waals surface area (Å²) < 4.78 is 0. The monoisotopic (exact) mass is 281 g/mol. The van der Waals surface area contributed by atoms with Gasteiger partial charge in [-0.05, 0) is 46.0 Å². The van der Waals surface area contributed by atoms with Gasteiger partial charge in [0.1, 0.15) is 0 Å². The highest BCUT2D eigenvalue weighted by Gasteiger charge is 2.30. The van der Waals surface area contributed by atoms with Gasteiger partial charge in [0.05, 0.1) is 0 Å². The number of carbonyl (C=O) groups is 2. The van der Waals surface area contributed by atoms with Crippen molar-refractivity contribution in [3.63, 3.8) is 0 Å². The molecule has 0 atom stereocenters. The largest absolute Gasteiger partial charge is 0.342 e. The van der Waals surface area contributed by atoms with E-state index in [0.717, 1.165) is 38.8 Å². The van der Waals surface area contributed by atoms with Gasteiger partial charge in [0.15, 0.2) is 0 Å². The SMILES string of the molecule is CC(C)NC(=O)N1CCC(C(=O)N2CCCCC2)CC1. The van der Waals surface area contributed by atoms with Crippen molar-refractivity contribution < 1.29 is 9.59 Å². The maximum Gasteiger partial charge on any atom is 0.317 e. The summed E-state index contributed by atoms with van der Waals surface area (Å²) in [7, 11) is 0. The zero-order valence-electron chi connectivity index (χ0n) is 12.7. The number of carbonyl (C=O) groups excluding carboxylic acids is 2. The van der Waals surface area contributed by atoms with Crippen molar-refractivity contribution in [1.29, 1.82) is 0 Å². The number of piperidine rings is 2. The Balaban J connectivity index is 1.78. The third-order valence-electron chi connectivity index (χ3n) is 4.21. The maximum absolute atomic E-state index is 12.4. The average molecular weight is 281 g/mol. The molecule has 5 heteroatoms. The van der Waals surface area contributed by atoms with E-state index in [1.807, 2.05) is 23.6 Å². The molecule has 2 aliphatic rings. The molecule has 5 nitrogen and oxygen atoms in total. The number of hydrogen-bond acceptors (Lipinski definition) is 2. The first-order valence-electron chi connectivity index (χ1n) is 7.92. The van der Waals surface area contributed by atoms with Crippen LogP contribution in [0.2, 0.25) is 0 Å². The molecule has 0 aromatic rings. The summed E-state index contributed by atoms with van der Waals surface area (Å²) in [4.78, 5) is 28.2. The second-order valence-electron chi connectivity index (χ2n) is 6.25. The van der Waals surface area contributed by atoms with Crippen LogP contribution in [0.4, 0.5) is 4.79 Å². The van der Waals surface area contributed by atoms with Crippen LogP contribution in [0, 0.1) is 5.92 Å². The van der Waals surface area contributed by atoms with E-state index in [-0.39, 0.29) is 18.0 Å². The van der Waals surface area contributed by atoms with Crippen molar-refractivity contribution in [1.82, 2.24) is 15.1 Å². The topological polar surface area (TPSA) is 52.7 Å². The molecule has 2 rings (SSSR count). The van der Waals surface area contributed by atoms with E-state index < -0.39 is 0 Å². The first-order valence-corrected chi connectivity index (χ1v) is 7.92. The summed E-state index contributed by atoms with van der Waals surface area (Å²) in [6, 6.07) is 0.166. The van der Waals surface area contributed by atoms with E-state index in [0.29, 0.717) is 19.0 Å². The van der Waals surface area contributed by atoms with Crippen LogP contribution >= 0.6 is 0 Å². The van der Waals surface area contributed by atoms with Crippen LogP contribution in [0.25, 0.3) is 0 Å². The molecule has 2 fully saturated rings. The standard InChI is InChI=1S/C15H27N3O2/c1-12(2)16-15(20)18-10-6-13(7-11-18)14(19)17-8-4-3-5-9-17/h12-13H,3-11H2,1-2H3,(H,16,20). The van der Waals surface area contributed by atoms with E-state index in [2.05, 4.69) is 5.32 Å². The molecule has 0 radical (unpaired) electrons. The molecule has 0 aromatic heterocycles. The minimum atomic E-state index is 0.00358. The fraction of sp³-hybridized carbons (Fsp3) is 0.867. The number of urea groups is 1. The highest BCUT2D eigenvalue weighted by atomic mass is 16.2. The molecule has 1 N–H and O–H groups in total. The van der Waals surface area contributed by atoms with Crippen LogP contribution < -0.4 is 5.32 Å². The number of nitrogens with zero attached hydrogens (tertiary/aromatic N) is 2. The number of amides is 3. The quantitative estimate of drug-likeness (QED) is 0.839. The molecule has 0 aliphatic carbocycles. The zero-order chi connectivity index (χ0) is 14.5. The number of nitrogens with one attached hydrogen (secondary N) is 1. The Hall–Kier alpha value is -1.26. The van der Waals surface area contributed by atoms with Crippen molar-refractivity contribution in [2.75, 3.05) is 26.2 Å². The van der Waals surface area contributed by atoms with Crippen LogP contribution in [-0.2, 0) is 4.79 Å². The number of likely N-dealkylation sites (tertiary alicyclic amines) is 2. The summed E-state index contributed by atoms with van der Waals surface area (Å²) >= 11 is 0. The van der Waals surface area contributed by atoms with Gasteiger partial charge in [0.25, 0.3) is 0 Å². The Morgan fingerprint density at radius 1 is 0.950 bits per heavy atom. The Labute approximate surface area is 121 Å². The Morgan fingerprint density at radius 3 is 2.10 bits per heavy atom. The van der Waals surface area contributed by atoms with Crippen molar-refractivity contribution in [2.45, 2.75) is 52.0 Å². The minimum Gasteiger partial charge on any atom is -0.342 e. The van der Waals surface area contributed by atoms with Gasteiger partial charge in [-0.1, -0.05) is 0 Å². The zero-order valence-corrected chi connectivity index (χ0v) is 12.7. The van der Waals surface area contributed by atoms with E-state index in [9.17, 15) is 9.59 Å². The lowest BCUT2D eigenvalue weighted by Crippen LogP contribution is -2.49. The molecule has 0 aromatic carbocycles. The summed E-state index contributed by atoms with van der Waals surface area (Å²) in [5, 5.41) is 2.91. The predicted octanol–water partition coefficient (Wildman–Crippen LogP) is 1.83. The maximum atomic E-state index is 12.4. The molecular weight excluding hydrogens is 254 g/mol. The first kappa shape index (κ1) is 15.1. The molecule has 0 spiro atoms. The van der Waals surface area contributed by atoms with E-state index in [1.54, 1.807) is 0 Å². The van der Waals surface area contributed by atoms with Gasteiger partial charge in [-0.3, -0.25) is 4.79 Å². The summed E-state index contributed by atoms with van der Waals surface area (Å²) in [5.41, 5.74) is 0. The van der Waals surface area contributed by atoms with Crippen LogP contribution in [0.1, 0.15) is 46.0 Å². The Morgan fingerprint density at radius 2 is 1.55 bits per heavy atom. The molecule has 20 heavy (non-hydrogen) atoms. The smallest absolute Gasteiger partial charge is 0.317 e. The molecule has 0 unspecified atom stereocenters. The van der Waals surface area contributed by atoms with Crippen LogP contribution in [0.3, 0.4) is 0 Å². The predicted molar refractivity (Wildman–Crippen MR) is 78.4 cm³/mol. The minimum absolute atomic E-state index is 0.00358. The lowest BCUT2D eigenvalue weighted by atomic mass is 9.94. The lowest BCUT2D eigenvalue weighted by molar-refractivity contribution is -0.137. The van der Waals surface area contributed by atoms with E-state index >= 15 is 0 Å². The molecule has 2 heterocycles. The summed E-state index contributed by atoms with van der Waals surface area (Å²) in [5.74, 6) is 0.435. The van der Waals surface area contributed by atoms with Crippen LogP contribution in [0.5, 0.6) is 0 Å². The van der Waals surface area contributed by atoms with Gasteiger partial charge in [0, 0.05) is 38.1 Å². The Kier molecular flexibility index (Phi) is 5.26. The summed E-state index contributed by atoms with van der Waals surface area (Å²) in [6.45, 7) is 7.17. The molecular formula is C15H27N3O2. The van der Waals surface area contributed by atoms with Crippen LogP contribution in [0.15, 0.2) is 0 Å². The third-order valence-corrected chi connectivity index (χ3v) is 4.21. The molecule has 0 bridgehead atoms. The van der Waals surface area contributed by atoms with E-state index in [1.165, 1.54) is 6.42 Å². The Bertz CT molecular complexity index is 343. The second-order valence-corrected chi connectivity index (χ2v) is 6.25.